The molecule has 0 aliphatic rings. The third kappa shape index (κ3) is 1.85. The lowest BCUT2D eigenvalue weighted by atomic mass is 9.98. The minimum Gasteiger partial charge on any atom is -0.330 e. The Kier molecular flexibility index (Phi) is 2.69. The smallest absolute Gasteiger partial charge is 0.0450 e. The molecule has 0 aliphatic carbocycles. The lowest BCUT2D eigenvalue weighted by Crippen LogP contribution is -2.08. The summed E-state index contributed by atoms with van der Waals surface area (Å²) in [5, 5.41) is 2.48. The second kappa shape index (κ2) is 3.99. The number of aryl methyl sites for hydroxylation is 1. The van der Waals surface area contributed by atoms with Crippen molar-refractivity contribution in [1.82, 2.24) is 4.98 Å². The van der Waals surface area contributed by atoms with Crippen LogP contribution < -0.4 is 5.73 Å². The molecule has 0 radical (unpaired) electrons. The molecule has 2 nitrogen and oxygen atoms in total. The Bertz CT molecular complexity index is 477. The van der Waals surface area contributed by atoms with Gasteiger partial charge in [0.15, 0.2) is 0 Å². The van der Waals surface area contributed by atoms with Gasteiger partial charge in [0.1, 0.15) is 0 Å². The molecule has 78 valence electrons. The number of hydrogen-bond donors (Lipinski definition) is 1. The van der Waals surface area contributed by atoms with Crippen molar-refractivity contribution in [3.63, 3.8) is 0 Å². The molecule has 2 aromatic rings. The van der Waals surface area contributed by atoms with Crippen molar-refractivity contribution < 1.29 is 0 Å². The van der Waals surface area contributed by atoms with Gasteiger partial charge in [0.05, 0.1) is 0 Å². The zero-order chi connectivity index (χ0) is 10.8. The quantitative estimate of drug-likeness (QED) is 0.809. The molecule has 0 amide bonds. The van der Waals surface area contributed by atoms with E-state index >= 15 is 0 Å². The van der Waals surface area contributed by atoms with Gasteiger partial charge in [0.2, 0.25) is 0 Å². The van der Waals surface area contributed by atoms with E-state index in [0.717, 1.165) is 5.69 Å². The maximum absolute atomic E-state index is 5.67. The maximum atomic E-state index is 5.67. The Hall–Kier alpha value is -1.41. The van der Waals surface area contributed by atoms with Crippen molar-refractivity contribution in [2.24, 2.45) is 5.73 Å². The molecular formula is C13H16N2. The fourth-order valence-corrected chi connectivity index (χ4v) is 1.79. The Morgan fingerprint density at radius 2 is 2.13 bits per heavy atom. The second-order valence-electron chi connectivity index (χ2n) is 4.01. The Balaban J connectivity index is 2.57. The first-order valence-corrected chi connectivity index (χ1v) is 5.27. The van der Waals surface area contributed by atoms with E-state index in [9.17, 15) is 0 Å². The van der Waals surface area contributed by atoms with Crippen LogP contribution in [0, 0.1) is 6.92 Å². The molecule has 2 rings (SSSR count). The second-order valence-corrected chi connectivity index (χ2v) is 4.01. The minimum atomic E-state index is 0.419. The number of pyridine rings is 1. The first-order chi connectivity index (χ1) is 7.22. The summed E-state index contributed by atoms with van der Waals surface area (Å²) < 4.78 is 0. The lowest BCUT2D eigenvalue weighted by molar-refractivity contribution is 0.775. The molecule has 1 unspecified atom stereocenters. The van der Waals surface area contributed by atoms with Gasteiger partial charge in [-0.05, 0) is 36.4 Å². The van der Waals surface area contributed by atoms with E-state index in [1.165, 1.54) is 16.3 Å². The fourth-order valence-electron chi connectivity index (χ4n) is 1.79. The van der Waals surface area contributed by atoms with Crippen molar-refractivity contribution in [3.05, 3.63) is 41.7 Å². The molecule has 1 aromatic heterocycles. The Morgan fingerprint density at radius 3 is 2.87 bits per heavy atom. The molecule has 2 heteroatoms. The van der Waals surface area contributed by atoms with Crippen molar-refractivity contribution in [1.29, 1.82) is 0 Å². The van der Waals surface area contributed by atoms with Crippen LogP contribution in [-0.2, 0) is 0 Å². The van der Waals surface area contributed by atoms with Crippen LogP contribution in [0.2, 0.25) is 0 Å². The molecule has 1 atom stereocenters. The summed E-state index contributed by atoms with van der Waals surface area (Å²) >= 11 is 0. The number of aromatic nitrogens is 1. The van der Waals surface area contributed by atoms with E-state index in [2.05, 4.69) is 36.2 Å². The highest BCUT2D eigenvalue weighted by molar-refractivity contribution is 5.84. The summed E-state index contributed by atoms with van der Waals surface area (Å²) in [6.45, 7) is 4.87. The van der Waals surface area contributed by atoms with Crippen molar-refractivity contribution in [2.75, 3.05) is 6.54 Å². The SMILES string of the molecule is Cc1nccc2cc(C(C)CN)ccc12. The summed E-state index contributed by atoms with van der Waals surface area (Å²) in [4.78, 5) is 4.28. The molecule has 15 heavy (non-hydrogen) atoms. The van der Waals surface area contributed by atoms with Crippen LogP contribution in [0.25, 0.3) is 10.8 Å². The molecule has 0 fully saturated rings. The van der Waals surface area contributed by atoms with E-state index in [4.69, 9.17) is 5.73 Å². The molecule has 1 aromatic carbocycles. The molecule has 0 aliphatic heterocycles. The van der Waals surface area contributed by atoms with Crippen molar-refractivity contribution in [2.45, 2.75) is 19.8 Å². The number of nitrogens with two attached hydrogens (primary N) is 1. The molecule has 2 N–H and O–H groups in total. The van der Waals surface area contributed by atoms with Crippen LogP contribution in [0.15, 0.2) is 30.5 Å². The number of rotatable bonds is 2. The fraction of sp³-hybridized carbons (Fsp3) is 0.308. The van der Waals surface area contributed by atoms with E-state index in [1.54, 1.807) is 0 Å². The van der Waals surface area contributed by atoms with Crippen molar-refractivity contribution >= 4 is 10.8 Å². The summed E-state index contributed by atoms with van der Waals surface area (Å²) in [6.07, 6.45) is 1.86. The molecular weight excluding hydrogens is 184 g/mol. The number of nitrogens with zero attached hydrogens (tertiary/aromatic N) is 1. The molecule has 1 heterocycles. The number of benzene rings is 1. The Morgan fingerprint density at radius 1 is 1.33 bits per heavy atom. The average molecular weight is 200 g/mol. The van der Waals surface area contributed by atoms with Crippen LogP contribution in [0.1, 0.15) is 24.1 Å². The van der Waals surface area contributed by atoms with Gasteiger partial charge in [-0.25, -0.2) is 0 Å². The summed E-state index contributed by atoms with van der Waals surface area (Å²) in [6, 6.07) is 8.55. The van der Waals surface area contributed by atoms with Crippen molar-refractivity contribution in [3.8, 4) is 0 Å². The van der Waals surface area contributed by atoms with Gasteiger partial charge in [-0.3, -0.25) is 4.98 Å². The van der Waals surface area contributed by atoms with Crippen LogP contribution in [-0.4, -0.2) is 11.5 Å². The van der Waals surface area contributed by atoms with Gasteiger partial charge in [-0.1, -0.05) is 25.1 Å². The highest BCUT2D eigenvalue weighted by Gasteiger charge is 2.04. The van der Waals surface area contributed by atoms with E-state index < -0.39 is 0 Å². The van der Waals surface area contributed by atoms with Crippen LogP contribution in [0.3, 0.4) is 0 Å². The van der Waals surface area contributed by atoms with Crippen LogP contribution >= 0.6 is 0 Å². The number of fused-ring (bicyclic) bond motifs is 1. The van der Waals surface area contributed by atoms with Crippen LogP contribution in [0.4, 0.5) is 0 Å². The van der Waals surface area contributed by atoms with Gasteiger partial charge in [-0.2, -0.15) is 0 Å². The first kappa shape index (κ1) is 10.1. The lowest BCUT2D eigenvalue weighted by Gasteiger charge is -2.10. The van der Waals surface area contributed by atoms with E-state index in [1.807, 2.05) is 13.1 Å². The normalized spacial score (nSPS) is 13.0. The summed E-state index contributed by atoms with van der Waals surface area (Å²) in [5.41, 5.74) is 8.05. The molecule has 0 saturated carbocycles. The predicted molar refractivity (Wildman–Crippen MR) is 63.9 cm³/mol. The summed E-state index contributed by atoms with van der Waals surface area (Å²) in [5.74, 6) is 0.419. The topological polar surface area (TPSA) is 38.9 Å². The van der Waals surface area contributed by atoms with Crippen LogP contribution in [0.5, 0.6) is 0 Å². The molecule has 0 spiro atoms. The molecule has 0 saturated heterocycles. The number of hydrogen-bond acceptors (Lipinski definition) is 2. The van der Waals surface area contributed by atoms with Gasteiger partial charge in [0.25, 0.3) is 0 Å². The third-order valence-corrected chi connectivity index (χ3v) is 2.91. The van der Waals surface area contributed by atoms with E-state index in [-0.39, 0.29) is 0 Å². The monoisotopic (exact) mass is 200 g/mol. The van der Waals surface area contributed by atoms with Gasteiger partial charge >= 0.3 is 0 Å². The largest absolute Gasteiger partial charge is 0.330 e. The maximum Gasteiger partial charge on any atom is 0.0450 e. The highest BCUT2D eigenvalue weighted by Crippen LogP contribution is 2.22. The Labute approximate surface area is 90.1 Å². The predicted octanol–water partition coefficient (Wildman–Crippen LogP) is 2.61. The molecule has 0 bridgehead atoms. The van der Waals surface area contributed by atoms with Gasteiger partial charge in [0, 0.05) is 17.3 Å². The van der Waals surface area contributed by atoms with E-state index in [0.29, 0.717) is 12.5 Å². The zero-order valence-corrected chi connectivity index (χ0v) is 9.20. The third-order valence-electron chi connectivity index (χ3n) is 2.91. The van der Waals surface area contributed by atoms with Gasteiger partial charge < -0.3 is 5.73 Å². The zero-order valence-electron chi connectivity index (χ0n) is 9.20. The first-order valence-electron chi connectivity index (χ1n) is 5.27. The summed E-state index contributed by atoms with van der Waals surface area (Å²) in [7, 11) is 0. The van der Waals surface area contributed by atoms with Gasteiger partial charge in [-0.15, -0.1) is 0 Å². The minimum absolute atomic E-state index is 0.419. The average Bonchev–Trinajstić information content (AvgIpc) is 2.28. The standard InChI is InChI=1S/C13H16N2/c1-9(8-14)11-3-4-13-10(2)15-6-5-12(13)7-11/h3-7,9H,8,14H2,1-2H3. The highest BCUT2D eigenvalue weighted by atomic mass is 14.7.